The maximum absolute atomic E-state index is 9.89. The number of unbranched alkanes of at least 4 members (excludes halogenated alkanes) is 6. The number of ether oxygens (including phenoxy) is 1. The van der Waals surface area contributed by atoms with E-state index < -0.39 is 0 Å². The van der Waals surface area contributed by atoms with Crippen LogP contribution in [-0.4, -0.2) is 23.9 Å². The van der Waals surface area contributed by atoms with Gasteiger partial charge < -0.3 is 9.84 Å². The minimum Gasteiger partial charge on any atom is -0.393 e. The van der Waals surface area contributed by atoms with Crippen LogP contribution < -0.4 is 0 Å². The zero-order chi connectivity index (χ0) is 13.9. The van der Waals surface area contributed by atoms with E-state index in [1.54, 1.807) is 7.11 Å². The van der Waals surface area contributed by atoms with Crippen LogP contribution in [0.25, 0.3) is 0 Å². The third-order valence-electron chi connectivity index (χ3n) is 3.77. The molecule has 0 spiro atoms. The SMILES string of the molecule is CCCCCCCCCC(O)CCC(C)(C)OC. The fraction of sp³-hybridized carbons (Fsp3) is 1.00. The van der Waals surface area contributed by atoms with E-state index in [2.05, 4.69) is 20.8 Å². The van der Waals surface area contributed by atoms with Crippen molar-refractivity contribution in [1.82, 2.24) is 0 Å². The van der Waals surface area contributed by atoms with Gasteiger partial charge in [-0.25, -0.2) is 0 Å². The number of aliphatic hydroxyl groups is 1. The second-order valence-electron chi connectivity index (χ2n) is 6.07. The summed E-state index contributed by atoms with van der Waals surface area (Å²) < 4.78 is 5.36. The molecule has 0 rings (SSSR count). The zero-order valence-electron chi connectivity index (χ0n) is 13.0. The third kappa shape index (κ3) is 11.0. The Morgan fingerprint density at radius 2 is 1.50 bits per heavy atom. The molecular weight excluding hydrogens is 224 g/mol. The highest BCUT2D eigenvalue weighted by Crippen LogP contribution is 2.19. The van der Waals surface area contributed by atoms with Gasteiger partial charge in [-0.05, 0) is 33.1 Å². The summed E-state index contributed by atoms with van der Waals surface area (Å²) in [7, 11) is 1.74. The predicted octanol–water partition coefficient (Wildman–Crippen LogP) is 4.69. The van der Waals surface area contributed by atoms with Gasteiger partial charge in [-0.3, -0.25) is 0 Å². The highest BCUT2D eigenvalue weighted by molar-refractivity contribution is 4.70. The molecule has 0 aromatic rings. The molecule has 2 heteroatoms. The van der Waals surface area contributed by atoms with E-state index in [-0.39, 0.29) is 11.7 Å². The van der Waals surface area contributed by atoms with Crippen LogP contribution in [0, 0.1) is 0 Å². The average molecular weight is 258 g/mol. The summed E-state index contributed by atoms with van der Waals surface area (Å²) >= 11 is 0. The number of hydrogen-bond acceptors (Lipinski definition) is 2. The molecule has 1 N–H and O–H groups in total. The Hall–Kier alpha value is -0.0800. The summed E-state index contributed by atoms with van der Waals surface area (Å²) in [6.45, 7) is 6.40. The van der Waals surface area contributed by atoms with E-state index in [1.165, 1.54) is 44.9 Å². The topological polar surface area (TPSA) is 29.5 Å². The molecule has 0 fully saturated rings. The Labute approximate surface area is 114 Å². The van der Waals surface area contributed by atoms with Crippen LogP contribution >= 0.6 is 0 Å². The molecule has 0 bridgehead atoms. The molecule has 0 aliphatic carbocycles. The summed E-state index contributed by atoms with van der Waals surface area (Å²) in [6.07, 6.45) is 11.8. The fourth-order valence-electron chi connectivity index (χ4n) is 2.10. The van der Waals surface area contributed by atoms with E-state index in [0.717, 1.165) is 19.3 Å². The van der Waals surface area contributed by atoms with Crippen molar-refractivity contribution in [2.75, 3.05) is 7.11 Å². The van der Waals surface area contributed by atoms with E-state index in [9.17, 15) is 5.11 Å². The first-order valence-electron chi connectivity index (χ1n) is 7.75. The van der Waals surface area contributed by atoms with Crippen LogP contribution in [0.2, 0.25) is 0 Å². The Morgan fingerprint density at radius 1 is 0.944 bits per heavy atom. The molecule has 0 heterocycles. The lowest BCUT2D eigenvalue weighted by molar-refractivity contribution is 0.00205. The molecule has 110 valence electrons. The Kier molecular flexibility index (Phi) is 10.8. The van der Waals surface area contributed by atoms with Crippen LogP contribution in [0.4, 0.5) is 0 Å². The van der Waals surface area contributed by atoms with Gasteiger partial charge in [0.2, 0.25) is 0 Å². The molecule has 0 aromatic heterocycles. The molecule has 1 atom stereocenters. The van der Waals surface area contributed by atoms with Crippen LogP contribution in [-0.2, 0) is 4.74 Å². The Balaban J connectivity index is 3.34. The summed E-state index contributed by atoms with van der Waals surface area (Å²) in [4.78, 5) is 0. The van der Waals surface area contributed by atoms with Crippen molar-refractivity contribution in [3.63, 3.8) is 0 Å². The highest BCUT2D eigenvalue weighted by atomic mass is 16.5. The van der Waals surface area contributed by atoms with Gasteiger partial charge in [-0.2, -0.15) is 0 Å². The van der Waals surface area contributed by atoms with Gasteiger partial charge in [0.15, 0.2) is 0 Å². The summed E-state index contributed by atoms with van der Waals surface area (Å²) in [6, 6.07) is 0. The Morgan fingerprint density at radius 3 is 2.06 bits per heavy atom. The van der Waals surface area contributed by atoms with E-state index in [4.69, 9.17) is 4.74 Å². The van der Waals surface area contributed by atoms with Crippen molar-refractivity contribution in [3.05, 3.63) is 0 Å². The lowest BCUT2D eigenvalue weighted by atomic mass is 9.97. The van der Waals surface area contributed by atoms with Gasteiger partial charge in [0.1, 0.15) is 0 Å². The second-order valence-corrected chi connectivity index (χ2v) is 6.07. The van der Waals surface area contributed by atoms with E-state index in [0.29, 0.717) is 0 Å². The van der Waals surface area contributed by atoms with Crippen molar-refractivity contribution < 1.29 is 9.84 Å². The van der Waals surface area contributed by atoms with Crippen LogP contribution in [0.15, 0.2) is 0 Å². The first kappa shape index (κ1) is 17.9. The van der Waals surface area contributed by atoms with Crippen LogP contribution in [0.3, 0.4) is 0 Å². The maximum Gasteiger partial charge on any atom is 0.0623 e. The molecule has 0 radical (unpaired) electrons. The van der Waals surface area contributed by atoms with Gasteiger partial charge in [0.25, 0.3) is 0 Å². The van der Waals surface area contributed by atoms with Gasteiger partial charge in [0.05, 0.1) is 11.7 Å². The maximum atomic E-state index is 9.89. The molecule has 18 heavy (non-hydrogen) atoms. The molecule has 2 nitrogen and oxygen atoms in total. The molecule has 0 amide bonds. The number of aliphatic hydroxyl groups excluding tert-OH is 1. The molecule has 0 saturated heterocycles. The zero-order valence-corrected chi connectivity index (χ0v) is 13.0. The van der Waals surface area contributed by atoms with Gasteiger partial charge in [-0.1, -0.05) is 51.9 Å². The summed E-state index contributed by atoms with van der Waals surface area (Å²) in [5, 5.41) is 9.89. The van der Waals surface area contributed by atoms with Gasteiger partial charge in [0, 0.05) is 7.11 Å². The number of rotatable bonds is 12. The molecule has 0 saturated carbocycles. The van der Waals surface area contributed by atoms with Gasteiger partial charge >= 0.3 is 0 Å². The number of hydrogen-bond donors (Lipinski definition) is 1. The van der Waals surface area contributed by atoms with Crippen molar-refractivity contribution in [1.29, 1.82) is 0 Å². The fourth-order valence-corrected chi connectivity index (χ4v) is 2.10. The minimum absolute atomic E-state index is 0.0961. The summed E-state index contributed by atoms with van der Waals surface area (Å²) in [5.41, 5.74) is -0.0961. The third-order valence-corrected chi connectivity index (χ3v) is 3.77. The lowest BCUT2D eigenvalue weighted by Crippen LogP contribution is -2.24. The first-order chi connectivity index (χ1) is 8.52. The normalized spacial score (nSPS) is 13.8. The van der Waals surface area contributed by atoms with Crippen molar-refractivity contribution >= 4 is 0 Å². The molecule has 0 aliphatic heterocycles. The first-order valence-corrected chi connectivity index (χ1v) is 7.75. The van der Waals surface area contributed by atoms with Crippen LogP contribution in [0.5, 0.6) is 0 Å². The molecular formula is C16H34O2. The Bertz CT molecular complexity index is 178. The highest BCUT2D eigenvalue weighted by Gasteiger charge is 2.17. The smallest absolute Gasteiger partial charge is 0.0623 e. The van der Waals surface area contributed by atoms with Crippen molar-refractivity contribution in [3.8, 4) is 0 Å². The van der Waals surface area contributed by atoms with Crippen molar-refractivity contribution in [2.45, 2.75) is 96.7 Å². The quantitative estimate of drug-likeness (QED) is 0.514. The van der Waals surface area contributed by atoms with E-state index >= 15 is 0 Å². The van der Waals surface area contributed by atoms with Gasteiger partial charge in [-0.15, -0.1) is 0 Å². The molecule has 1 unspecified atom stereocenters. The second kappa shape index (κ2) is 10.8. The lowest BCUT2D eigenvalue weighted by Gasteiger charge is -2.24. The van der Waals surface area contributed by atoms with E-state index in [1.807, 2.05) is 0 Å². The van der Waals surface area contributed by atoms with Crippen molar-refractivity contribution in [2.24, 2.45) is 0 Å². The number of methoxy groups -OCH3 is 1. The van der Waals surface area contributed by atoms with Crippen LogP contribution in [0.1, 0.15) is 85.0 Å². The standard InChI is InChI=1S/C16H34O2/c1-5-6-7-8-9-10-11-12-15(17)13-14-16(2,3)18-4/h15,17H,5-14H2,1-4H3. The molecule has 0 aromatic carbocycles. The summed E-state index contributed by atoms with van der Waals surface area (Å²) in [5.74, 6) is 0. The predicted molar refractivity (Wildman–Crippen MR) is 78.9 cm³/mol. The largest absolute Gasteiger partial charge is 0.393 e. The average Bonchev–Trinajstić information content (AvgIpc) is 2.35. The molecule has 0 aliphatic rings. The minimum atomic E-state index is -0.143. The monoisotopic (exact) mass is 258 g/mol.